The van der Waals surface area contributed by atoms with Gasteiger partial charge in [0.05, 0.1) is 11.2 Å². The van der Waals surface area contributed by atoms with E-state index < -0.39 is 15.6 Å². The lowest BCUT2D eigenvalue weighted by atomic mass is 10.2. The van der Waals surface area contributed by atoms with Crippen molar-refractivity contribution in [2.45, 2.75) is 17.7 Å². The van der Waals surface area contributed by atoms with Crippen LogP contribution in [0.5, 0.6) is 0 Å². The summed E-state index contributed by atoms with van der Waals surface area (Å²) in [5, 5.41) is 0.558. The first-order valence-electron chi connectivity index (χ1n) is 7.10. The van der Waals surface area contributed by atoms with E-state index in [1.807, 2.05) is 6.07 Å². The Morgan fingerprint density at radius 3 is 2.74 bits per heavy atom. The molecule has 1 N–H and O–H groups in total. The van der Waals surface area contributed by atoms with Gasteiger partial charge in [0.1, 0.15) is 11.3 Å². The van der Waals surface area contributed by atoms with Crippen molar-refractivity contribution in [3.05, 3.63) is 64.9 Å². The summed E-state index contributed by atoms with van der Waals surface area (Å²) in [6.07, 6.45) is 2.89. The average Bonchev–Trinajstić information content (AvgIpc) is 3.04. The molecule has 1 aromatic carbocycles. The SMILES string of the molecule is O=c1ccc2cc(S(=O)(=O)NCCCc3ccco3)ccc2o1. The van der Waals surface area contributed by atoms with Crippen LogP contribution in [0.1, 0.15) is 12.2 Å². The van der Waals surface area contributed by atoms with Gasteiger partial charge in [-0.1, -0.05) is 0 Å². The van der Waals surface area contributed by atoms with Crippen LogP contribution in [0.3, 0.4) is 0 Å². The number of hydrogen-bond donors (Lipinski definition) is 1. The molecule has 3 rings (SSSR count). The number of sulfonamides is 1. The molecule has 0 aliphatic heterocycles. The molecule has 0 aliphatic rings. The van der Waals surface area contributed by atoms with E-state index in [1.54, 1.807) is 12.3 Å². The number of nitrogens with one attached hydrogen (secondary N) is 1. The number of furan rings is 1. The smallest absolute Gasteiger partial charge is 0.336 e. The topological polar surface area (TPSA) is 89.5 Å². The van der Waals surface area contributed by atoms with Gasteiger partial charge in [0.25, 0.3) is 0 Å². The number of hydrogen-bond acceptors (Lipinski definition) is 5. The summed E-state index contributed by atoms with van der Waals surface area (Å²) in [5.74, 6) is 0.824. The van der Waals surface area contributed by atoms with Crippen molar-refractivity contribution in [1.82, 2.24) is 4.72 Å². The van der Waals surface area contributed by atoms with E-state index in [0.29, 0.717) is 30.4 Å². The van der Waals surface area contributed by atoms with Crippen LogP contribution in [0.2, 0.25) is 0 Å². The van der Waals surface area contributed by atoms with Crippen LogP contribution in [0.4, 0.5) is 0 Å². The molecular weight excluding hydrogens is 318 g/mol. The van der Waals surface area contributed by atoms with Crippen molar-refractivity contribution >= 4 is 21.0 Å². The quantitative estimate of drug-likeness (QED) is 0.552. The number of benzene rings is 1. The second kappa shape index (κ2) is 6.39. The van der Waals surface area contributed by atoms with E-state index in [0.717, 1.165) is 5.76 Å². The lowest BCUT2D eigenvalue weighted by Crippen LogP contribution is -2.25. The third-order valence-electron chi connectivity index (χ3n) is 3.37. The highest BCUT2D eigenvalue weighted by Crippen LogP contribution is 2.17. The first kappa shape index (κ1) is 15.5. The van der Waals surface area contributed by atoms with Gasteiger partial charge in [-0.15, -0.1) is 0 Å². The van der Waals surface area contributed by atoms with Gasteiger partial charge in [-0.05, 0) is 42.8 Å². The van der Waals surface area contributed by atoms with Crippen molar-refractivity contribution < 1.29 is 17.3 Å². The maximum absolute atomic E-state index is 12.3. The largest absolute Gasteiger partial charge is 0.469 e. The van der Waals surface area contributed by atoms with E-state index >= 15 is 0 Å². The van der Waals surface area contributed by atoms with Crippen molar-refractivity contribution in [3.8, 4) is 0 Å². The molecule has 7 heteroatoms. The molecule has 2 heterocycles. The minimum absolute atomic E-state index is 0.136. The first-order chi connectivity index (χ1) is 11.0. The Kier molecular flexibility index (Phi) is 4.31. The second-order valence-electron chi connectivity index (χ2n) is 5.03. The third-order valence-corrected chi connectivity index (χ3v) is 4.83. The Balaban J connectivity index is 1.69. The molecule has 0 atom stereocenters. The molecule has 6 nitrogen and oxygen atoms in total. The molecule has 23 heavy (non-hydrogen) atoms. The minimum atomic E-state index is -3.60. The Morgan fingerprint density at radius 2 is 1.96 bits per heavy atom. The van der Waals surface area contributed by atoms with Gasteiger partial charge in [0.2, 0.25) is 10.0 Å². The van der Waals surface area contributed by atoms with E-state index in [2.05, 4.69) is 4.72 Å². The number of aryl methyl sites for hydroxylation is 1. The van der Waals surface area contributed by atoms with E-state index in [1.165, 1.54) is 30.3 Å². The van der Waals surface area contributed by atoms with Gasteiger partial charge in [-0.25, -0.2) is 17.9 Å². The van der Waals surface area contributed by atoms with E-state index in [-0.39, 0.29) is 4.90 Å². The van der Waals surface area contributed by atoms with Gasteiger partial charge in [0, 0.05) is 24.4 Å². The standard InChI is InChI=1S/C16H15NO5S/c18-16-8-5-12-11-14(6-7-15(12)22-16)23(19,20)17-9-1-3-13-4-2-10-21-13/h2,4-8,10-11,17H,1,3,9H2. The fourth-order valence-corrected chi connectivity index (χ4v) is 3.33. The Morgan fingerprint density at radius 1 is 1.09 bits per heavy atom. The summed E-state index contributed by atoms with van der Waals surface area (Å²) in [6, 6.07) is 10.8. The summed E-state index contributed by atoms with van der Waals surface area (Å²) in [6.45, 7) is 0.310. The van der Waals surface area contributed by atoms with Crippen molar-refractivity contribution in [3.63, 3.8) is 0 Å². The monoisotopic (exact) mass is 333 g/mol. The molecule has 2 aromatic heterocycles. The molecule has 0 radical (unpaired) electrons. The summed E-state index contributed by atoms with van der Waals surface area (Å²) in [5.41, 5.74) is -0.113. The molecule has 0 amide bonds. The highest BCUT2D eigenvalue weighted by molar-refractivity contribution is 7.89. The summed E-state index contributed by atoms with van der Waals surface area (Å²) in [4.78, 5) is 11.3. The van der Waals surface area contributed by atoms with Gasteiger partial charge in [-0.2, -0.15) is 0 Å². The molecule has 0 aliphatic carbocycles. The van der Waals surface area contributed by atoms with Crippen molar-refractivity contribution in [2.75, 3.05) is 6.54 Å². The van der Waals surface area contributed by atoms with Crippen molar-refractivity contribution in [1.29, 1.82) is 0 Å². The third kappa shape index (κ3) is 3.69. The second-order valence-corrected chi connectivity index (χ2v) is 6.80. The molecule has 0 saturated heterocycles. The van der Waals surface area contributed by atoms with E-state index in [4.69, 9.17) is 8.83 Å². The maximum atomic E-state index is 12.3. The van der Waals surface area contributed by atoms with E-state index in [9.17, 15) is 13.2 Å². The lowest BCUT2D eigenvalue weighted by Gasteiger charge is -2.07. The Labute approximate surface area is 132 Å². The van der Waals surface area contributed by atoms with Gasteiger partial charge >= 0.3 is 5.63 Å². The molecule has 3 aromatic rings. The number of fused-ring (bicyclic) bond motifs is 1. The fraction of sp³-hybridized carbons (Fsp3) is 0.188. The molecule has 120 valence electrons. The lowest BCUT2D eigenvalue weighted by molar-refractivity contribution is 0.500. The highest BCUT2D eigenvalue weighted by Gasteiger charge is 2.14. The fourth-order valence-electron chi connectivity index (χ4n) is 2.22. The average molecular weight is 333 g/mol. The summed E-state index contributed by atoms with van der Waals surface area (Å²) < 4.78 is 37.3. The predicted molar refractivity (Wildman–Crippen MR) is 84.7 cm³/mol. The van der Waals surface area contributed by atoms with Crippen LogP contribution in [-0.2, 0) is 16.4 Å². The van der Waals surface area contributed by atoms with Gasteiger partial charge in [-0.3, -0.25) is 0 Å². The van der Waals surface area contributed by atoms with Crippen LogP contribution in [0, 0.1) is 0 Å². The first-order valence-corrected chi connectivity index (χ1v) is 8.59. The molecule has 0 bridgehead atoms. The van der Waals surface area contributed by atoms with Gasteiger partial charge in [0.15, 0.2) is 0 Å². The zero-order valence-corrected chi connectivity index (χ0v) is 13.0. The maximum Gasteiger partial charge on any atom is 0.336 e. The van der Waals surface area contributed by atoms with Crippen LogP contribution < -0.4 is 10.3 Å². The summed E-state index contributed by atoms with van der Waals surface area (Å²) >= 11 is 0. The Bertz CT molecular complexity index is 958. The number of rotatable bonds is 6. The van der Waals surface area contributed by atoms with Crippen LogP contribution in [-0.4, -0.2) is 15.0 Å². The predicted octanol–water partition coefficient (Wildman–Crippen LogP) is 2.30. The molecule has 0 spiro atoms. The van der Waals surface area contributed by atoms with Crippen LogP contribution in [0.25, 0.3) is 11.0 Å². The Hall–Kier alpha value is -2.38. The minimum Gasteiger partial charge on any atom is -0.469 e. The van der Waals surface area contributed by atoms with Crippen LogP contribution in [0.15, 0.2) is 67.3 Å². The highest BCUT2D eigenvalue weighted by atomic mass is 32.2. The molecular formula is C16H15NO5S. The van der Waals surface area contributed by atoms with Gasteiger partial charge < -0.3 is 8.83 Å². The van der Waals surface area contributed by atoms with Crippen LogP contribution >= 0.6 is 0 Å². The zero-order chi connectivity index (χ0) is 16.3. The normalized spacial score (nSPS) is 11.8. The van der Waals surface area contributed by atoms with Crippen molar-refractivity contribution in [2.24, 2.45) is 0 Å². The molecule has 0 saturated carbocycles. The molecule has 0 unspecified atom stereocenters. The molecule has 0 fully saturated rings. The zero-order valence-electron chi connectivity index (χ0n) is 12.2. The summed E-state index contributed by atoms with van der Waals surface area (Å²) in [7, 11) is -3.60.